The molecule has 1 aliphatic heterocycles. The van der Waals surface area contributed by atoms with Crippen LogP contribution >= 0.6 is 0 Å². The minimum absolute atomic E-state index is 0.102. The van der Waals surface area contributed by atoms with Gasteiger partial charge in [-0.3, -0.25) is 4.79 Å². The number of carbonyl (C=O) groups is 1. The number of rotatable bonds is 5. The van der Waals surface area contributed by atoms with Crippen LogP contribution in [0.5, 0.6) is 0 Å². The number of carbonyl (C=O) groups excluding carboxylic acids is 1. The van der Waals surface area contributed by atoms with Gasteiger partial charge in [0, 0.05) is 13.1 Å². The standard InChI is InChI=1S/C21H23N3O2/c25-20(15-22-21-23-18-8-4-5-9-19(18)26-21)24-12-10-17(11-13-24)14-16-6-2-1-3-7-16/h1-9,17H,10-15H2,(H,22,23). The van der Waals surface area contributed by atoms with Crippen molar-refractivity contribution in [2.45, 2.75) is 19.3 Å². The molecule has 0 unspecified atom stereocenters. The summed E-state index contributed by atoms with van der Waals surface area (Å²) in [7, 11) is 0. The van der Waals surface area contributed by atoms with Gasteiger partial charge in [-0.1, -0.05) is 42.5 Å². The molecular formula is C21H23N3O2. The predicted octanol–water partition coefficient (Wildman–Crippen LogP) is 3.72. The van der Waals surface area contributed by atoms with Crippen LogP contribution in [0.2, 0.25) is 0 Å². The predicted molar refractivity (Wildman–Crippen MR) is 102 cm³/mol. The molecule has 1 N–H and O–H groups in total. The molecule has 0 atom stereocenters. The van der Waals surface area contributed by atoms with Gasteiger partial charge >= 0.3 is 0 Å². The summed E-state index contributed by atoms with van der Waals surface area (Å²) in [6.07, 6.45) is 3.22. The zero-order chi connectivity index (χ0) is 17.8. The van der Waals surface area contributed by atoms with Crippen LogP contribution in [0, 0.1) is 5.92 Å². The molecule has 1 saturated heterocycles. The minimum atomic E-state index is 0.102. The number of fused-ring (bicyclic) bond motifs is 1. The van der Waals surface area contributed by atoms with Gasteiger partial charge in [0.2, 0.25) is 5.91 Å². The van der Waals surface area contributed by atoms with Crippen LogP contribution < -0.4 is 5.32 Å². The van der Waals surface area contributed by atoms with E-state index in [4.69, 9.17) is 4.42 Å². The second-order valence-corrected chi connectivity index (χ2v) is 6.85. The average Bonchev–Trinajstić information content (AvgIpc) is 3.10. The van der Waals surface area contributed by atoms with Crippen LogP contribution in [0.15, 0.2) is 59.0 Å². The Labute approximate surface area is 153 Å². The van der Waals surface area contributed by atoms with Crippen molar-refractivity contribution < 1.29 is 9.21 Å². The van der Waals surface area contributed by atoms with Crippen molar-refractivity contribution >= 4 is 23.0 Å². The molecule has 5 heteroatoms. The molecule has 1 aliphatic rings. The average molecular weight is 349 g/mol. The summed E-state index contributed by atoms with van der Waals surface area (Å²) in [5, 5.41) is 3.01. The van der Waals surface area contributed by atoms with E-state index in [0.717, 1.165) is 43.5 Å². The van der Waals surface area contributed by atoms with Crippen molar-refractivity contribution in [3.63, 3.8) is 0 Å². The number of likely N-dealkylation sites (tertiary alicyclic amines) is 1. The summed E-state index contributed by atoms with van der Waals surface area (Å²) in [6, 6.07) is 18.6. The Morgan fingerprint density at radius 1 is 1.08 bits per heavy atom. The molecule has 5 nitrogen and oxygen atoms in total. The number of oxazole rings is 1. The zero-order valence-corrected chi connectivity index (χ0v) is 14.7. The summed E-state index contributed by atoms with van der Waals surface area (Å²) in [4.78, 5) is 18.7. The van der Waals surface area contributed by atoms with E-state index in [1.807, 2.05) is 29.2 Å². The Bertz CT molecular complexity index is 834. The number of hydrogen-bond acceptors (Lipinski definition) is 4. The van der Waals surface area contributed by atoms with Gasteiger partial charge in [-0.05, 0) is 42.9 Å². The first-order valence-corrected chi connectivity index (χ1v) is 9.19. The van der Waals surface area contributed by atoms with Crippen molar-refractivity contribution in [1.29, 1.82) is 0 Å². The molecule has 0 aliphatic carbocycles. The highest BCUT2D eigenvalue weighted by Gasteiger charge is 2.23. The quantitative estimate of drug-likeness (QED) is 0.763. The van der Waals surface area contributed by atoms with Crippen molar-refractivity contribution in [3.05, 3.63) is 60.2 Å². The summed E-state index contributed by atoms with van der Waals surface area (Å²) in [5.74, 6) is 0.761. The van der Waals surface area contributed by atoms with Crippen LogP contribution in [0.1, 0.15) is 18.4 Å². The third-order valence-electron chi connectivity index (χ3n) is 5.02. The summed E-state index contributed by atoms with van der Waals surface area (Å²) < 4.78 is 5.60. The summed E-state index contributed by atoms with van der Waals surface area (Å²) in [6.45, 7) is 1.87. The first-order chi connectivity index (χ1) is 12.8. The lowest BCUT2D eigenvalue weighted by Crippen LogP contribution is -2.41. The number of benzene rings is 2. The van der Waals surface area contributed by atoms with E-state index in [-0.39, 0.29) is 12.5 Å². The highest BCUT2D eigenvalue weighted by atomic mass is 16.4. The Kier molecular flexibility index (Phi) is 4.86. The normalized spacial score (nSPS) is 15.3. The fourth-order valence-corrected chi connectivity index (χ4v) is 3.54. The fourth-order valence-electron chi connectivity index (χ4n) is 3.54. The summed E-state index contributed by atoms with van der Waals surface area (Å²) in [5.41, 5.74) is 2.91. The maximum atomic E-state index is 12.4. The third kappa shape index (κ3) is 3.87. The highest BCUT2D eigenvalue weighted by Crippen LogP contribution is 2.22. The maximum Gasteiger partial charge on any atom is 0.296 e. The molecule has 0 spiro atoms. The smallest absolute Gasteiger partial charge is 0.296 e. The lowest BCUT2D eigenvalue weighted by molar-refractivity contribution is -0.130. The van der Waals surface area contributed by atoms with Crippen LogP contribution in [-0.2, 0) is 11.2 Å². The van der Waals surface area contributed by atoms with E-state index in [9.17, 15) is 4.79 Å². The fraction of sp³-hybridized carbons (Fsp3) is 0.333. The first-order valence-electron chi connectivity index (χ1n) is 9.19. The molecule has 2 heterocycles. The van der Waals surface area contributed by atoms with Crippen LogP contribution in [-0.4, -0.2) is 35.4 Å². The molecule has 0 saturated carbocycles. The van der Waals surface area contributed by atoms with E-state index < -0.39 is 0 Å². The van der Waals surface area contributed by atoms with E-state index in [0.29, 0.717) is 11.9 Å². The molecule has 3 aromatic rings. The van der Waals surface area contributed by atoms with Gasteiger partial charge in [-0.2, -0.15) is 4.98 Å². The van der Waals surface area contributed by atoms with E-state index >= 15 is 0 Å². The van der Waals surface area contributed by atoms with Gasteiger partial charge in [-0.25, -0.2) is 0 Å². The Morgan fingerprint density at radius 3 is 2.58 bits per heavy atom. The van der Waals surface area contributed by atoms with Gasteiger partial charge in [0.25, 0.3) is 6.01 Å². The number of para-hydroxylation sites is 2. The lowest BCUT2D eigenvalue weighted by atomic mass is 9.90. The van der Waals surface area contributed by atoms with E-state index in [1.54, 1.807) is 0 Å². The molecule has 0 bridgehead atoms. The number of hydrogen-bond donors (Lipinski definition) is 1. The summed E-state index contributed by atoms with van der Waals surface area (Å²) >= 11 is 0. The van der Waals surface area contributed by atoms with E-state index in [2.05, 4.69) is 40.6 Å². The van der Waals surface area contributed by atoms with Gasteiger partial charge in [0.1, 0.15) is 5.52 Å². The van der Waals surface area contributed by atoms with Crippen LogP contribution in [0.3, 0.4) is 0 Å². The molecule has 26 heavy (non-hydrogen) atoms. The van der Waals surface area contributed by atoms with Gasteiger partial charge in [0.05, 0.1) is 6.54 Å². The topological polar surface area (TPSA) is 58.4 Å². The SMILES string of the molecule is O=C(CNc1nc2ccccc2o1)N1CCC(Cc2ccccc2)CC1. The lowest BCUT2D eigenvalue weighted by Gasteiger charge is -2.32. The number of aromatic nitrogens is 1. The number of anilines is 1. The van der Waals surface area contributed by atoms with Crippen molar-refractivity contribution in [2.24, 2.45) is 5.92 Å². The Balaban J connectivity index is 1.25. The number of piperidine rings is 1. The Hall–Kier alpha value is -2.82. The van der Waals surface area contributed by atoms with Crippen molar-refractivity contribution in [1.82, 2.24) is 9.88 Å². The monoisotopic (exact) mass is 349 g/mol. The number of nitrogens with one attached hydrogen (secondary N) is 1. The van der Waals surface area contributed by atoms with Gasteiger partial charge < -0.3 is 14.6 Å². The number of nitrogens with zero attached hydrogens (tertiary/aromatic N) is 2. The van der Waals surface area contributed by atoms with Crippen LogP contribution in [0.4, 0.5) is 6.01 Å². The van der Waals surface area contributed by atoms with Crippen molar-refractivity contribution in [2.75, 3.05) is 25.0 Å². The molecule has 1 aromatic heterocycles. The molecule has 1 amide bonds. The van der Waals surface area contributed by atoms with Gasteiger partial charge in [-0.15, -0.1) is 0 Å². The zero-order valence-electron chi connectivity index (χ0n) is 14.7. The Morgan fingerprint density at radius 2 is 1.81 bits per heavy atom. The minimum Gasteiger partial charge on any atom is -0.424 e. The maximum absolute atomic E-state index is 12.4. The molecule has 2 aromatic carbocycles. The molecule has 1 fully saturated rings. The second-order valence-electron chi connectivity index (χ2n) is 6.85. The molecule has 134 valence electrons. The molecule has 0 radical (unpaired) electrons. The number of amides is 1. The third-order valence-corrected chi connectivity index (χ3v) is 5.02. The van der Waals surface area contributed by atoms with Crippen LogP contribution in [0.25, 0.3) is 11.1 Å². The first kappa shape index (κ1) is 16.6. The molecule has 4 rings (SSSR count). The largest absolute Gasteiger partial charge is 0.424 e. The highest BCUT2D eigenvalue weighted by molar-refractivity contribution is 5.81. The van der Waals surface area contributed by atoms with Crippen molar-refractivity contribution in [3.8, 4) is 0 Å². The molecular weight excluding hydrogens is 326 g/mol. The second kappa shape index (κ2) is 7.60. The van der Waals surface area contributed by atoms with E-state index in [1.165, 1.54) is 5.56 Å². The van der Waals surface area contributed by atoms with Gasteiger partial charge in [0.15, 0.2) is 5.58 Å².